The third-order valence-electron chi connectivity index (χ3n) is 4.59. The largest absolute Gasteiger partial charge is 0.314 e. The van der Waals surface area contributed by atoms with E-state index in [4.69, 9.17) is 0 Å². The van der Waals surface area contributed by atoms with Crippen molar-refractivity contribution in [2.45, 2.75) is 44.6 Å². The van der Waals surface area contributed by atoms with Crippen molar-refractivity contribution in [2.24, 2.45) is 0 Å². The highest BCUT2D eigenvalue weighted by Gasteiger charge is 2.42. The Morgan fingerprint density at radius 1 is 1.24 bits per heavy atom. The topological polar surface area (TPSA) is 84.3 Å². The van der Waals surface area contributed by atoms with Crippen molar-refractivity contribution in [1.29, 1.82) is 0 Å². The summed E-state index contributed by atoms with van der Waals surface area (Å²) in [6.07, 6.45) is 0. The smallest absolute Gasteiger partial charge is 0.263 e. The molecule has 2 aromatic rings. The van der Waals surface area contributed by atoms with Crippen LogP contribution in [0.3, 0.4) is 0 Å². The number of hydrogen-bond acceptors (Lipinski definition) is 4. The van der Waals surface area contributed by atoms with E-state index in [1.807, 2.05) is 13.8 Å². The lowest BCUT2D eigenvalue weighted by Crippen LogP contribution is -2.33. The molecule has 1 amide bonds. The van der Waals surface area contributed by atoms with Gasteiger partial charge >= 0.3 is 0 Å². The standard InChI is InChI=1S/C17H22N4O3S/c1-6-21-15(9-11(2)18-21)19-25(23,24)12-7-8-14-13(10-12)17(3,4)16(22)20(14)5/h7-10,19H,6H2,1-5H3. The second kappa shape index (κ2) is 5.59. The monoisotopic (exact) mass is 362 g/mol. The molecule has 7 nitrogen and oxygen atoms in total. The first-order valence-corrected chi connectivity index (χ1v) is 9.56. The molecular formula is C17H22N4O3S. The first-order chi connectivity index (χ1) is 11.6. The highest BCUT2D eigenvalue weighted by Crippen LogP contribution is 2.41. The number of fused-ring (bicyclic) bond motifs is 1. The maximum Gasteiger partial charge on any atom is 0.263 e. The number of hydrogen-bond donors (Lipinski definition) is 1. The third kappa shape index (κ3) is 2.70. The van der Waals surface area contributed by atoms with E-state index < -0.39 is 15.4 Å². The average molecular weight is 362 g/mol. The number of carbonyl (C=O) groups is 1. The average Bonchev–Trinajstić information content (AvgIpc) is 2.98. The van der Waals surface area contributed by atoms with Gasteiger partial charge in [-0.05, 0) is 51.5 Å². The van der Waals surface area contributed by atoms with Gasteiger partial charge in [0.25, 0.3) is 10.0 Å². The van der Waals surface area contributed by atoms with Crippen molar-refractivity contribution in [3.63, 3.8) is 0 Å². The first-order valence-electron chi connectivity index (χ1n) is 8.08. The van der Waals surface area contributed by atoms with E-state index >= 15 is 0 Å². The number of sulfonamides is 1. The summed E-state index contributed by atoms with van der Waals surface area (Å²) in [5.41, 5.74) is 1.44. The van der Waals surface area contributed by atoms with Gasteiger partial charge in [0.2, 0.25) is 5.91 Å². The Kier molecular flexibility index (Phi) is 3.90. The quantitative estimate of drug-likeness (QED) is 0.904. The zero-order chi connectivity index (χ0) is 18.6. The molecular weight excluding hydrogens is 340 g/mol. The number of anilines is 2. The summed E-state index contributed by atoms with van der Waals surface area (Å²) in [6, 6.07) is 6.47. The number of carbonyl (C=O) groups excluding carboxylic acids is 1. The molecule has 0 spiro atoms. The van der Waals surface area contributed by atoms with E-state index in [-0.39, 0.29) is 10.8 Å². The van der Waals surface area contributed by atoms with Crippen molar-refractivity contribution in [3.05, 3.63) is 35.5 Å². The molecule has 0 saturated carbocycles. The van der Waals surface area contributed by atoms with Crippen molar-refractivity contribution in [1.82, 2.24) is 9.78 Å². The molecule has 1 aliphatic heterocycles. The maximum absolute atomic E-state index is 12.8. The minimum atomic E-state index is -3.78. The van der Waals surface area contributed by atoms with Crippen LogP contribution in [0.5, 0.6) is 0 Å². The molecule has 1 aliphatic rings. The van der Waals surface area contributed by atoms with Crippen LogP contribution in [0.4, 0.5) is 11.5 Å². The molecule has 8 heteroatoms. The lowest BCUT2D eigenvalue weighted by Gasteiger charge is -2.17. The van der Waals surface area contributed by atoms with Crippen LogP contribution in [-0.2, 0) is 26.8 Å². The van der Waals surface area contributed by atoms with Crippen LogP contribution in [0.25, 0.3) is 0 Å². The van der Waals surface area contributed by atoms with Crippen molar-refractivity contribution >= 4 is 27.4 Å². The number of aromatic nitrogens is 2. The minimum absolute atomic E-state index is 0.0512. The van der Waals surface area contributed by atoms with Crippen LogP contribution >= 0.6 is 0 Å². The zero-order valence-corrected chi connectivity index (χ0v) is 15.8. The lowest BCUT2D eigenvalue weighted by molar-refractivity contribution is -0.121. The fraction of sp³-hybridized carbons (Fsp3) is 0.412. The molecule has 25 heavy (non-hydrogen) atoms. The Labute approximate surface area is 147 Å². The fourth-order valence-electron chi connectivity index (χ4n) is 3.18. The number of likely N-dealkylation sites (N-methyl/N-ethyl adjacent to an activating group) is 1. The van der Waals surface area contributed by atoms with Crippen molar-refractivity contribution < 1.29 is 13.2 Å². The predicted octanol–water partition coefficient (Wildman–Crippen LogP) is 2.27. The van der Waals surface area contributed by atoms with Gasteiger partial charge in [-0.2, -0.15) is 5.10 Å². The Morgan fingerprint density at radius 3 is 2.56 bits per heavy atom. The summed E-state index contributed by atoms with van der Waals surface area (Å²) in [6.45, 7) is 7.86. The van der Waals surface area contributed by atoms with E-state index in [0.717, 1.165) is 11.4 Å². The molecule has 0 fully saturated rings. The Balaban J connectivity index is 2.03. The van der Waals surface area contributed by atoms with Crippen molar-refractivity contribution in [3.8, 4) is 0 Å². The Bertz CT molecular complexity index is 960. The van der Waals surface area contributed by atoms with Crippen LogP contribution in [0, 0.1) is 6.92 Å². The normalized spacial score (nSPS) is 16.2. The van der Waals surface area contributed by atoms with E-state index in [1.54, 1.807) is 48.7 Å². The number of aryl methyl sites for hydroxylation is 2. The molecule has 0 aliphatic carbocycles. The van der Waals surface area contributed by atoms with E-state index in [1.165, 1.54) is 6.07 Å². The molecule has 0 unspecified atom stereocenters. The highest BCUT2D eigenvalue weighted by atomic mass is 32.2. The molecule has 134 valence electrons. The number of nitrogens with zero attached hydrogens (tertiary/aromatic N) is 3. The molecule has 3 rings (SSSR count). The summed E-state index contributed by atoms with van der Waals surface area (Å²) in [7, 11) is -2.08. The van der Waals surface area contributed by atoms with Crippen LogP contribution < -0.4 is 9.62 Å². The Morgan fingerprint density at radius 2 is 1.92 bits per heavy atom. The van der Waals surface area contributed by atoms with Gasteiger partial charge < -0.3 is 4.90 Å². The Hall–Kier alpha value is -2.35. The first kappa shape index (κ1) is 17.5. The van der Waals surface area contributed by atoms with Gasteiger partial charge in [-0.3, -0.25) is 9.52 Å². The third-order valence-corrected chi connectivity index (χ3v) is 5.95. The minimum Gasteiger partial charge on any atom is -0.314 e. The van der Waals surface area contributed by atoms with E-state index in [2.05, 4.69) is 9.82 Å². The zero-order valence-electron chi connectivity index (χ0n) is 15.0. The molecule has 0 atom stereocenters. The van der Waals surface area contributed by atoms with Crippen LogP contribution in [0.2, 0.25) is 0 Å². The predicted molar refractivity (Wildman–Crippen MR) is 96.3 cm³/mol. The van der Waals surface area contributed by atoms with Gasteiger partial charge in [0, 0.05) is 25.3 Å². The summed E-state index contributed by atoms with van der Waals surface area (Å²) < 4.78 is 29.8. The van der Waals surface area contributed by atoms with E-state index in [0.29, 0.717) is 17.9 Å². The summed E-state index contributed by atoms with van der Waals surface area (Å²) in [5.74, 6) is 0.373. The fourth-order valence-corrected chi connectivity index (χ4v) is 4.26. The van der Waals surface area contributed by atoms with E-state index in [9.17, 15) is 13.2 Å². The summed E-state index contributed by atoms with van der Waals surface area (Å²) in [5, 5.41) is 4.25. The van der Waals surface area contributed by atoms with Gasteiger partial charge in [0.1, 0.15) is 5.82 Å². The lowest BCUT2D eigenvalue weighted by atomic mass is 9.86. The molecule has 1 N–H and O–H groups in total. The van der Waals surface area contributed by atoms with Crippen LogP contribution in [0.15, 0.2) is 29.2 Å². The van der Waals surface area contributed by atoms with Gasteiger partial charge in [0.05, 0.1) is 16.0 Å². The van der Waals surface area contributed by atoms with Gasteiger partial charge in [-0.1, -0.05) is 0 Å². The van der Waals surface area contributed by atoms with Gasteiger partial charge in [-0.25, -0.2) is 13.1 Å². The van der Waals surface area contributed by atoms with Gasteiger partial charge in [0.15, 0.2) is 0 Å². The maximum atomic E-state index is 12.8. The van der Waals surface area contributed by atoms with Gasteiger partial charge in [-0.15, -0.1) is 0 Å². The second-order valence-electron chi connectivity index (χ2n) is 6.76. The number of rotatable bonds is 4. The number of amides is 1. The summed E-state index contributed by atoms with van der Waals surface area (Å²) in [4.78, 5) is 14.1. The van der Waals surface area contributed by atoms with Crippen LogP contribution in [0.1, 0.15) is 32.0 Å². The molecule has 1 aromatic heterocycles. The number of benzene rings is 1. The SMILES string of the molecule is CCn1nc(C)cc1NS(=O)(=O)c1ccc2c(c1)C(C)(C)C(=O)N2C. The number of nitrogens with one attached hydrogen (secondary N) is 1. The van der Waals surface area contributed by atoms with Crippen molar-refractivity contribution in [2.75, 3.05) is 16.7 Å². The molecule has 1 aromatic carbocycles. The molecule has 0 saturated heterocycles. The molecule has 0 radical (unpaired) electrons. The molecule has 2 heterocycles. The highest BCUT2D eigenvalue weighted by molar-refractivity contribution is 7.92. The second-order valence-corrected chi connectivity index (χ2v) is 8.44. The summed E-state index contributed by atoms with van der Waals surface area (Å²) >= 11 is 0. The molecule has 0 bridgehead atoms. The van der Waals surface area contributed by atoms with Crippen LogP contribution in [-0.4, -0.2) is 31.2 Å².